The maximum atomic E-state index is 10.8. The number of aromatic hydroxyl groups is 1. The molecule has 0 aromatic heterocycles. The molecule has 0 radical (unpaired) electrons. The highest BCUT2D eigenvalue weighted by molar-refractivity contribution is 5.93. The molecule has 0 aliphatic carbocycles. The molecule has 80 valence electrons. The number of benzene rings is 1. The van der Waals surface area contributed by atoms with Crippen LogP contribution in [0.5, 0.6) is 5.75 Å². The van der Waals surface area contributed by atoms with Crippen molar-refractivity contribution in [2.24, 2.45) is 0 Å². The number of phenolic OH excluding ortho intramolecular Hbond substituents is 1. The summed E-state index contributed by atoms with van der Waals surface area (Å²) in [4.78, 5) is 21.6. The van der Waals surface area contributed by atoms with Gasteiger partial charge in [-0.3, -0.25) is 9.59 Å². The second-order valence-electron chi connectivity index (χ2n) is 3.09. The van der Waals surface area contributed by atoms with Crippen molar-refractivity contribution in [2.45, 2.75) is 13.8 Å². The summed E-state index contributed by atoms with van der Waals surface area (Å²) < 4.78 is 0. The maximum Gasteiger partial charge on any atom is 0.221 e. The van der Waals surface area contributed by atoms with Gasteiger partial charge in [0.05, 0.1) is 5.69 Å². The first-order chi connectivity index (χ1) is 6.99. The first kappa shape index (κ1) is 11.0. The average Bonchev–Trinajstić information content (AvgIpc) is 2.09. The van der Waals surface area contributed by atoms with Crippen LogP contribution >= 0.6 is 0 Å². The number of rotatable bonds is 2. The van der Waals surface area contributed by atoms with Crippen molar-refractivity contribution in [2.75, 3.05) is 10.6 Å². The Hall–Kier alpha value is -2.04. The summed E-state index contributed by atoms with van der Waals surface area (Å²) in [5.41, 5.74) is 0.790. The minimum Gasteiger partial charge on any atom is -0.506 e. The second kappa shape index (κ2) is 4.45. The summed E-state index contributed by atoms with van der Waals surface area (Å²) in [5.74, 6) is -0.543. The predicted octanol–water partition coefficient (Wildman–Crippen LogP) is 1.31. The lowest BCUT2D eigenvalue weighted by Crippen LogP contribution is -2.08. The molecule has 1 aromatic carbocycles. The summed E-state index contributed by atoms with van der Waals surface area (Å²) in [6.07, 6.45) is 0. The van der Waals surface area contributed by atoms with Crippen LogP contribution in [-0.2, 0) is 9.59 Å². The van der Waals surface area contributed by atoms with Gasteiger partial charge in [-0.15, -0.1) is 0 Å². The first-order valence-corrected chi connectivity index (χ1v) is 4.37. The molecule has 0 spiro atoms. The van der Waals surface area contributed by atoms with E-state index < -0.39 is 0 Å². The number of hydrogen-bond acceptors (Lipinski definition) is 3. The third kappa shape index (κ3) is 3.30. The Labute approximate surface area is 87.1 Å². The van der Waals surface area contributed by atoms with Crippen LogP contribution in [0.15, 0.2) is 18.2 Å². The van der Waals surface area contributed by atoms with Gasteiger partial charge in [-0.05, 0) is 18.2 Å². The van der Waals surface area contributed by atoms with Crippen LogP contribution in [0.1, 0.15) is 13.8 Å². The summed E-state index contributed by atoms with van der Waals surface area (Å²) in [7, 11) is 0. The number of anilines is 2. The normalized spacial score (nSPS) is 9.47. The van der Waals surface area contributed by atoms with E-state index in [1.165, 1.54) is 26.0 Å². The number of carbonyl (C=O) groups excluding carboxylic acids is 2. The molecule has 5 nitrogen and oxygen atoms in total. The first-order valence-electron chi connectivity index (χ1n) is 4.37. The van der Waals surface area contributed by atoms with E-state index in [0.717, 1.165) is 0 Å². The topological polar surface area (TPSA) is 78.4 Å². The zero-order valence-electron chi connectivity index (χ0n) is 8.50. The van der Waals surface area contributed by atoms with E-state index >= 15 is 0 Å². The highest BCUT2D eigenvalue weighted by atomic mass is 16.3. The quantitative estimate of drug-likeness (QED) is 0.506. The number of phenols is 1. The van der Waals surface area contributed by atoms with E-state index in [4.69, 9.17) is 0 Å². The van der Waals surface area contributed by atoms with Gasteiger partial charge in [0.25, 0.3) is 0 Å². The van der Waals surface area contributed by atoms with E-state index in [0.29, 0.717) is 5.69 Å². The van der Waals surface area contributed by atoms with Crippen molar-refractivity contribution in [3.05, 3.63) is 18.2 Å². The van der Waals surface area contributed by atoms with Gasteiger partial charge >= 0.3 is 0 Å². The van der Waals surface area contributed by atoms with E-state index in [-0.39, 0.29) is 23.3 Å². The van der Waals surface area contributed by atoms with Crippen molar-refractivity contribution in [3.63, 3.8) is 0 Å². The Kier molecular flexibility index (Phi) is 3.28. The van der Waals surface area contributed by atoms with Crippen LogP contribution in [0.4, 0.5) is 11.4 Å². The summed E-state index contributed by atoms with van der Waals surface area (Å²) in [6, 6.07) is 4.43. The van der Waals surface area contributed by atoms with Crippen LogP contribution in [0.3, 0.4) is 0 Å². The lowest BCUT2D eigenvalue weighted by Gasteiger charge is -2.08. The Morgan fingerprint density at radius 2 is 1.73 bits per heavy atom. The molecule has 1 aromatic rings. The van der Waals surface area contributed by atoms with Crippen LogP contribution < -0.4 is 10.6 Å². The molecule has 0 saturated carbocycles. The smallest absolute Gasteiger partial charge is 0.221 e. The van der Waals surface area contributed by atoms with Gasteiger partial charge in [-0.25, -0.2) is 0 Å². The number of hydrogen-bond donors (Lipinski definition) is 3. The maximum absolute atomic E-state index is 10.8. The molecule has 1 rings (SSSR count). The van der Waals surface area contributed by atoms with Crippen LogP contribution in [0, 0.1) is 0 Å². The molecule has 5 heteroatoms. The van der Waals surface area contributed by atoms with Crippen molar-refractivity contribution >= 4 is 23.2 Å². The zero-order chi connectivity index (χ0) is 11.4. The average molecular weight is 208 g/mol. The molecule has 0 aliphatic rings. The predicted molar refractivity (Wildman–Crippen MR) is 56.7 cm³/mol. The molecular weight excluding hydrogens is 196 g/mol. The van der Waals surface area contributed by atoms with Crippen LogP contribution in [-0.4, -0.2) is 16.9 Å². The van der Waals surface area contributed by atoms with Crippen molar-refractivity contribution < 1.29 is 14.7 Å². The summed E-state index contributed by atoms with van der Waals surface area (Å²) >= 11 is 0. The molecule has 3 N–H and O–H groups in total. The van der Waals surface area contributed by atoms with Crippen LogP contribution in [0.2, 0.25) is 0 Å². The molecule has 0 fully saturated rings. The monoisotopic (exact) mass is 208 g/mol. The minimum atomic E-state index is -0.287. The number of nitrogens with one attached hydrogen (secondary N) is 2. The van der Waals surface area contributed by atoms with Gasteiger partial charge < -0.3 is 15.7 Å². The lowest BCUT2D eigenvalue weighted by molar-refractivity contribution is -0.115. The SMILES string of the molecule is CC(=O)Nc1ccc(O)c(NC(C)=O)c1. The Balaban J connectivity index is 2.94. The molecule has 2 amide bonds. The van der Waals surface area contributed by atoms with E-state index in [2.05, 4.69) is 10.6 Å². The van der Waals surface area contributed by atoms with Crippen molar-refractivity contribution in [1.29, 1.82) is 0 Å². The number of amides is 2. The highest BCUT2D eigenvalue weighted by Crippen LogP contribution is 2.26. The largest absolute Gasteiger partial charge is 0.506 e. The number of carbonyl (C=O) groups is 2. The Morgan fingerprint density at radius 3 is 2.27 bits per heavy atom. The van der Waals surface area contributed by atoms with Gasteiger partial charge in [0.15, 0.2) is 0 Å². The summed E-state index contributed by atoms with van der Waals surface area (Å²) in [5, 5.41) is 14.4. The standard InChI is InChI=1S/C10H12N2O3/c1-6(13)11-8-3-4-10(15)9(5-8)12-7(2)14/h3-5,15H,1-2H3,(H,11,13)(H,12,14). The van der Waals surface area contributed by atoms with Crippen molar-refractivity contribution in [1.82, 2.24) is 0 Å². The van der Waals surface area contributed by atoms with E-state index in [9.17, 15) is 14.7 Å². The molecule has 0 atom stereocenters. The fourth-order valence-electron chi connectivity index (χ4n) is 1.11. The lowest BCUT2D eigenvalue weighted by atomic mass is 10.2. The van der Waals surface area contributed by atoms with E-state index in [1.807, 2.05) is 0 Å². The minimum absolute atomic E-state index is 0.0423. The van der Waals surface area contributed by atoms with Gasteiger partial charge in [-0.1, -0.05) is 0 Å². The van der Waals surface area contributed by atoms with Gasteiger partial charge in [-0.2, -0.15) is 0 Å². The molecule has 0 aliphatic heterocycles. The Bertz CT molecular complexity index is 402. The molecule has 0 unspecified atom stereocenters. The van der Waals surface area contributed by atoms with Crippen LogP contribution in [0.25, 0.3) is 0 Å². The highest BCUT2D eigenvalue weighted by Gasteiger charge is 2.04. The van der Waals surface area contributed by atoms with Crippen molar-refractivity contribution in [3.8, 4) is 5.75 Å². The Morgan fingerprint density at radius 1 is 1.13 bits per heavy atom. The zero-order valence-corrected chi connectivity index (χ0v) is 8.50. The van der Waals surface area contributed by atoms with E-state index in [1.54, 1.807) is 6.07 Å². The van der Waals surface area contributed by atoms with Gasteiger partial charge in [0, 0.05) is 19.5 Å². The molecule has 15 heavy (non-hydrogen) atoms. The molecule has 0 saturated heterocycles. The third-order valence-electron chi connectivity index (χ3n) is 1.63. The summed E-state index contributed by atoms with van der Waals surface area (Å²) in [6.45, 7) is 2.72. The fraction of sp³-hybridized carbons (Fsp3) is 0.200. The molecule has 0 bridgehead atoms. The molecule has 0 heterocycles. The van der Waals surface area contributed by atoms with Gasteiger partial charge in [0.2, 0.25) is 11.8 Å². The fourth-order valence-corrected chi connectivity index (χ4v) is 1.11. The second-order valence-corrected chi connectivity index (χ2v) is 3.09. The third-order valence-corrected chi connectivity index (χ3v) is 1.63. The van der Waals surface area contributed by atoms with Gasteiger partial charge in [0.1, 0.15) is 5.75 Å². The molecular formula is C10H12N2O3.